The highest BCUT2D eigenvalue weighted by atomic mass is 19.1. The van der Waals surface area contributed by atoms with Crippen molar-refractivity contribution in [3.05, 3.63) is 69.0 Å². The van der Waals surface area contributed by atoms with Gasteiger partial charge in [-0.25, -0.2) is 0 Å². The molecule has 2 N–H and O–H groups in total. The molecule has 0 aromatic heterocycles. The van der Waals surface area contributed by atoms with Crippen LogP contribution in [0, 0.1) is 22.9 Å². The van der Waals surface area contributed by atoms with Crippen molar-refractivity contribution in [2.45, 2.75) is 20.1 Å². The Labute approximate surface area is 121 Å². The fourth-order valence-electron chi connectivity index (χ4n) is 1.96. The summed E-state index contributed by atoms with van der Waals surface area (Å²) in [6.07, 6.45) is 0. The summed E-state index contributed by atoms with van der Waals surface area (Å²) in [6, 6.07) is 9.33. The van der Waals surface area contributed by atoms with Gasteiger partial charge in [0.05, 0.1) is 4.92 Å². The first kappa shape index (κ1) is 14.9. The number of hydrogen-bond acceptors (Lipinski definition) is 4. The van der Waals surface area contributed by atoms with Crippen LogP contribution >= 0.6 is 0 Å². The third-order valence-corrected chi connectivity index (χ3v) is 3.04. The molecule has 110 valence electrons. The number of ether oxygens (including phenoxy) is 1. The van der Waals surface area contributed by atoms with E-state index in [1.165, 1.54) is 6.07 Å². The highest BCUT2D eigenvalue weighted by Crippen LogP contribution is 2.22. The fraction of sp³-hybridized carbons (Fsp3) is 0.200. The van der Waals surface area contributed by atoms with Gasteiger partial charge in [-0.1, -0.05) is 17.7 Å². The number of halogens is 1. The number of nitrogens with two attached hydrogens (primary N) is 1. The van der Waals surface area contributed by atoms with Gasteiger partial charge in [0, 0.05) is 18.2 Å². The molecule has 0 aliphatic rings. The van der Waals surface area contributed by atoms with Crippen LogP contribution in [-0.4, -0.2) is 4.92 Å². The summed E-state index contributed by atoms with van der Waals surface area (Å²) in [4.78, 5) is 9.79. The molecule has 0 atom stereocenters. The minimum Gasteiger partial charge on any atom is -0.489 e. The number of hydrogen-bond donors (Lipinski definition) is 1. The van der Waals surface area contributed by atoms with Gasteiger partial charge in [0.2, 0.25) is 5.82 Å². The van der Waals surface area contributed by atoms with E-state index < -0.39 is 16.4 Å². The predicted molar refractivity (Wildman–Crippen MR) is 76.5 cm³/mol. The second-order valence-electron chi connectivity index (χ2n) is 4.65. The highest BCUT2D eigenvalue weighted by molar-refractivity contribution is 5.38. The third kappa shape index (κ3) is 3.55. The van der Waals surface area contributed by atoms with E-state index >= 15 is 0 Å². The summed E-state index contributed by atoms with van der Waals surface area (Å²) in [7, 11) is 0. The van der Waals surface area contributed by atoms with Crippen LogP contribution in [0.1, 0.15) is 16.7 Å². The van der Waals surface area contributed by atoms with Gasteiger partial charge >= 0.3 is 5.69 Å². The lowest BCUT2D eigenvalue weighted by atomic mass is 10.1. The van der Waals surface area contributed by atoms with Crippen LogP contribution in [0.4, 0.5) is 10.1 Å². The van der Waals surface area contributed by atoms with Crippen molar-refractivity contribution in [3.8, 4) is 5.75 Å². The van der Waals surface area contributed by atoms with E-state index in [-0.39, 0.29) is 6.61 Å². The molecular weight excluding hydrogens is 275 g/mol. The molecule has 2 rings (SSSR count). The highest BCUT2D eigenvalue weighted by Gasteiger charge is 2.14. The number of aryl methyl sites for hydroxylation is 1. The molecule has 0 aliphatic heterocycles. The lowest BCUT2D eigenvalue weighted by Crippen LogP contribution is -2.03. The van der Waals surface area contributed by atoms with E-state index in [4.69, 9.17) is 10.5 Å². The molecule has 6 heteroatoms. The van der Waals surface area contributed by atoms with Crippen molar-refractivity contribution >= 4 is 5.69 Å². The maximum absolute atomic E-state index is 13.5. The molecule has 0 aliphatic carbocycles. The molecule has 0 saturated carbocycles. The zero-order chi connectivity index (χ0) is 15.4. The Bertz CT molecular complexity index is 674. The van der Waals surface area contributed by atoms with Crippen molar-refractivity contribution in [3.63, 3.8) is 0 Å². The number of nitrogens with zero attached hydrogens (tertiary/aromatic N) is 1. The molecule has 0 saturated heterocycles. The largest absolute Gasteiger partial charge is 0.489 e. The van der Waals surface area contributed by atoms with Crippen LogP contribution in [0.5, 0.6) is 5.75 Å². The van der Waals surface area contributed by atoms with Crippen molar-refractivity contribution in [1.29, 1.82) is 0 Å². The Morgan fingerprint density at radius 1 is 1.29 bits per heavy atom. The molecule has 0 bridgehead atoms. The quantitative estimate of drug-likeness (QED) is 0.678. The normalized spacial score (nSPS) is 10.4. The lowest BCUT2D eigenvalue weighted by Gasteiger charge is -2.11. The molecule has 0 unspecified atom stereocenters. The molecule has 2 aromatic rings. The summed E-state index contributed by atoms with van der Waals surface area (Å²) >= 11 is 0. The van der Waals surface area contributed by atoms with Gasteiger partial charge in [0.25, 0.3) is 0 Å². The van der Waals surface area contributed by atoms with E-state index in [1.54, 1.807) is 6.07 Å². The van der Waals surface area contributed by atoms with Gasteiger partial charge in [-0.3, -0.25) is 10.1 Å². The van der Waals surface area contributed by atoms with Crippen LogP contribution in [0.15, 0.2) is 36.4 Å². The number of nitro groups is 1. The van der Waals surface area contributed by atoms with Gasteiger partial charge in [0.15, 0.2) is 0 Å². The monoisotopic (exact) mass is 290 g/mol. The van der Waals surface area contributed by atoms with Crippen LogP contribution in [0.2, 0.25) is 0 Å². The smallest absolute Gasteiger partial charge is 0.304 e. The van der Waals surface area contributed by atoms with Crippen molar-refractivity contribution in [2.24, 2.45) is 5.73 Å². The van der Waals surface area contributed by atoms with E-state index in [9.17, 15) is 14.5 Å². The van der Waals surface area contributed by atoms with Crippen LogP contribution in [0.25, 0.3) is 0 Å². The average molecular weight is 290 g/mol. The second kappa shape index (κ2) is 6.32. The number of nitro benzene ring substituents is 1. The average Bonchev–Trinajstić information content (AvgIpc) is 2.45. The summed E-state index contributed by atoms with van der Waals surface area (Å²) in [5, 5.41) is 10.5. The maximum atomic E-state index is 13.5. The number of rotatable bonds is 5. The first-order valence-electron chi connectivity index (χ1n) is 6.36. The summed E-state index contributed by atoms with van der Waals surface area (Å²) < 4.78 is 19.1. The van der Waals surface area contributed by atoms with Gasteiger partial charge in [0.1, 0.15) is 12.4 Å². The van der Waals surface area contributed by atoms with Gasteiger partial charge < -0.3 is 10.5 Å². The third-order valence-electron chi connectivity index (χ3n) is 3.04. The summed E-state index contributed by atoms with van der Waals surface area (Å²) in [5.74, 6) is -0.245. The Kier molecular flexibility index (Phi) is 4.49. The molecule has 5 nitrogen and oxygen atoms in total. The molecule has 0 fully saturated rings. The standard InChI is InChI=1S/C15H15FN2O3/c1-10-2-5-15(12(6-10)8-17)21-9-11-3-4-14(18(19)20)13(16)7-11/h2-7H,8-9,17H2,1H3. The fourth-order valence-corrected chi connectivity index (χ4v) is 1.96. The molecule has 0 amide bonds. The molecule has 0 spiro atoms. The topological polar surface area (TPSA) is 78.4 Å². The predicted octanol–water partition coefficient (Wildman–Crippen LogP) is 3.08. The van der Waals surface area contributed by atoms with E-state index in [0.717, 1.165) is 23.3 Å². The van der Waals surface area contributed by atoms with Crippen LogP contribution in [-0.2, 0) is 13.2 Å². The first-order chi connectivity index (χ1) is 10.0. The van der Waals surface area contributed by atoms with Crippen LogP contribution < -0.4 is 10.5 Å². The minimum absolute atomic E-state index is 0.116. The molecular formula is C15H15FN2O3. The number of benzene rings is 2. The Morgan fingerprint density at radius 2 is 2.05 bits per heavy atom. The SMILES string of the molecule is Cc1ccc(OCc2ccc([N+](=O)[O-])c(F)c2)c(CN)c1. The first-order valence-corrected chi connectivity index (χ1v) is 6.36. The van der Waals surface area contributed by atoms with E-state index in [1.807, 2.05) is 19.1 Å². The molecule has 0 radical (unpaired) electrons. The Hall–Kier alpha value is -2.47. The summed E-state index contributed by atoms with van der Waals surface area (Å²) in [6.45, 7) is 2.41. The minimum atomic E-state index is -0.871. The molecule has 21 heavy (non-hydrogen) atoms. The van der Waals surface area contributed by atoms with Crippen molar-refractivity contribution in [1.82, 2.24) is 0 Å². The van der Waals surface area contributed by atoms with Crippen molar-refractivity contribution < 1.29 is 14.1 Å². The van der Waals surface area contributed by atoms with Crippen LogP contribution in [0.3, 0.4) is 0 Å². The zero-order valence-electron chi connectivity index (χ0n) is 11.5. The second-order valence-corrected chi connectivity index (χ2v) is 4.65. The summed E-state index contributed by atoms with van der Waals surface area (Å²) in [5.41, 5.74) is 7.55. The van der Waals surface area contributed by atoms with Crippen molar-refractivity contribution in [2.75, 3.05) is 0 Å². The maximum Gasteiger partial charge on any atom is 0.304 e. The Balaban J connectivity index is 2.13. The lowest BCUT2D eigenvalue weighted by molar-refractivity contribution is -0.387. The molecule has 2 aromatic carbocycles. The van der Waals surface area contributed by atoms with E-state index in [2.05, 4.69) is 0 Å². The zero-order valence-corrected chi connectivity index (χ0v) is 11.5. The van der Waals surface area contributed by atoms with Gasteiger partial charge in [-0.05, 0) is 30.7 Å². The van der Waals surface area contributed by atoms with Gasteiger partial charge in [-0.2, -0.15) is 4.39 Å². The molecule has 0 heterocycles. The van der Waals surface area contributed by atoms with E-state index in [0.29, 0.717) is 17.9 Å². The Morgan fingerprint density at radius 3 is 2.67 bits per heavy atom. The van der Waals surface area contributed by atoms with Gasteiger partial charge in [-0.15, -0.1) is 0 Å².